The smallest absolute Gasteiger partial charge is 0.151 e. The molecule has 1 N–H and O–H groups in total. The van der Waals surface area contributed by atoms with E-state index in [-0.39, 0.29) is 0 Å². The normalized spacial score (nSPS) is 20.7. The summed E-state index contributed by atoms with van der Waals surface area (Å²) < 4.78 is 0. The summed E-state index contributed by atoms with van der Waals surface area (Å²) in [4.78, 5) is 0. The average Bonchev–Trinajstić information content (AvgIpc) is 3.11. The van der Waals surface area contributed by atoms with Gasteiger partial charge in [0.1, 0.15) is 5.82 Å². The van der Waals surface area contributed by atoms with E-state index in [1.54, 1.807) is 6.07 Å². The molecule has 2 fully saturated rings. The van der Waals surface area contributed by atoms with Gasteiger partial charge in [-0.15, -0.1) is 10.2 Å². The van der Waals surface area contributed by atoms with Gasteiger partial charge in [-0.25, -0.2) is 0 Å². The molecule has 1 aromatic heterocycles. The number of anilines is 1. The Labute approximate surface area is 94.2 Å². The molecule has 2 aliphatic rings. The van der Waals surface area contributed by atoms with Crippen LogP contribution in [0.25, 0.3) is 0 Å². The van der Waals surface area contributed by atoms with Gasteiger partial charge >= 0.3 is 0 Å². The lowest BCUT2D eigenvalue weighted by Gasteiger charge is -2.17. The number of nitrogens with zero attached hydrogens (tertiary/aromatic N) is 2. The van der Waals surface area contributed by atoms with Crippen molar-refractivity contribution in [1.82, 2.24) is 10.2 Å². The minimum Gasteiger partial charge on any atom is -0.365 e. The summed E-state index contributed by atoms with van der Waals surface area (Å²) in [6.45, 7) is 0. The molecule has 1 aromatic rings. The van der Waals surface area contributed by atoms with Gasteiger partial charge in [0, 0.05) is 6.04 Å². The largest absolute Gasteiger partial charge is 0.365 e. The SMILES string of the molecule is Clc1ccc(NC(C2CC2)C2CC2)nn1. The predicted octanol–water partition coefficient (Wildman–Crippen LogP) is 2.73. The van der Waals surface area contributed by atoms with Crippen LogP contribution in [-0.4, -0.2) is 16.2 Å². The molecule has 0 aromatic carbocycles. The minimum atomic E-state index is 0.454. The van der Waals surface area contributed by atoms with Gasteiger partial charge < -0.3 is 5.32 Å². The zero-order valence-corrected chi connectivity index (χ0v) is 9.24. The van der Waals surface area contributed by atoms with Crippen LogP contribution in [0, 0.1) is 11.8 Å². The van der Waals surface area contributed by atoms with Gasteiger partial charge in [-0.3, -0.25) is 0 Å². The molecule has 0 unspecified atom stereocenters. The van der Waals surface area contributed by atoms with E-state index in [0.717, 1.165) is 17.7 Å². The summed E-state index contributed by atoms with van der Waals surface area (Å²) in [6.07, 6.45) is 5.48. The zero-order valence-electron chi connectivity index (χ0n) is 8.49. The van der Waals surface area contributed by atoms with E-state index in [4.69, 9.17) is 11.6 Å². The summed E-state index contributed by atoms with van der Waals surface area (Å²) >= 11 is 5.70. The Morgan fingerprint density at radius 2 is 1.80 bits per heavy atom. The van der Waals surface area contributed by atoms with E-state index in [9.17, 15) is 0 Å². The third-order valence-electron chi connectivity index (χ3n) is 3.21. The molecule has 0 amide bonds. The van der Waals surface area contributed by atoms with Crippen LogP contribution in [0.15, 0.2) is 12.1 Å². The molecule has 0 saturated heterocycles. The van der Waals surface area contributed by atoms with Crippen molar-refractivity contribution in [2.45, 2.75) is 31.7 Å². The fourth-order valence-electron chi connectivity index (χ4n) is 2.10. The van der Waals surface area contributed by atoms with Crippen LogP contribution < -0.4 is 5.32 Å². The van der Waals surface area contributed by atoms with Crippen LogP contribution in [0.2, 0.25) is 5.15 Å². The van der Waals surface area contributed by atoms with E-state index >= 15 is 0 Å². The quantitative estimate of drug-likeness (QED) is 0.853. The highest BCUT2D eigenvalue weighted by Crippen LogP contribution is 2.45. The Balaban J connectivity index is 1.69. The summed E-state index contributed by atoms with van der Waals surface area (Å²) in [5.74, 6) is 2.60. The molecule has 1 heterocycles. The lowest BCUT2D eigenvalue weighted by atomic mass is 10.1. The first-order chi connectivity index (χ1) is 7.33. The Bertz CT molecular complexity index is 331. The number of nitrogens with one attached hydrogen (secondary N) is 1. The second-order valence-corrected chi connectivity index (χ2v) is 4.97. The summed E-state index contributed by atoms with van der Waals surface area (Å²) in [6, 6.07) is 4.32. The Morgan fingerprint density at radius 1 is 1.13 bits per heavy atom. The predicted molar refractivity (Wildman–Crippen MR) is 59.9 cm³/mol. The fraction of sp³-hybridized carbons (Fsp3) is 0.636. The maximum absolute atomic E-state index is 5.70. The zero-order chi connectivity index (χ0) is 10.3. The fourth-order valence-corrected chi connectivity index (χ4v) is 2.20. The Morgan fingerprint density at radius 3 is 2.27 bits per heavy atom. The highest BCUT2D eigenvalue weighted by Gasteiger charge is 2.41. The first-order valence-electron chi connectivity index (χ1n) is 5.59. The van der Waals surface area contributed by atoms with Crippen molar-refractivity contribution < 1.29 is 0 Å². The Hall–Kier alpha value is -0.830. The third kappa shape index (κ3) is 2.23. The van der Waals surface area contributed by atoms with Gasteiger partial charge in [0.15, 0.2) is 5.15 Å². The van der Waals surface area contributed by atoms with Gasteiger partial charge in [-0.2, -0.15) is 0 Å². The average molecular weight is 224 g/mol. The van der Waals surface area contributed by atoms with Gasteiger partial charge in [-0.1, -0.05) is 11.6 Å². The molecular formula is C11H14ClN3. The molecule has 4 heteroatoms. The second kappa shape index (κ2) is 3.63. The van der Waals surface area contributed by atoms with Crippen molar-refractivity contribution in [3.05, 3.63) is 17.3 Å². The lowest BCUT2D eigenvalue weighted by Crippen LogP contribution is -2.24. The molecule has 80 valence electrons. The number of halogens is 1. The molecule has 0 bridgehead atoms. The maximum atomic E-state index is 5.70. The molecule has 0 atom stereocenters. The molecule has 0 radical (unpaired) electrons. The molecule has 2 aliphatic carbocycles. The first kappa shape index (κ1) is 9.40. The van der Waals surface area contributed by atoms with Crippen LogP contribution in [0.1, 0.15) is 25.7 Å². The molecule has 15 heavy (non-hydrogen) atoms. The number of hydrogen-bond donors (Lipinski definition) is 1. The monoisotopic (exact) mass is 223 g/mol. The van der Waals surface area contributed by atoms with Crippen molar-refractivity contribution in [1.29, 1.82) is 0 Å². The topological polar surface area (TPSA) is 37.8 Å². The van der Waals surface area contributed by atoms with Gasteiger partial charge in [-0.05, 0) is 49.7 Å². The molecular weight excluding hydrogens is 210 g/mol. The highest BCUT2D eigenvalue weighted by molar-refractivity contribution is 6.29. The number of hydrogen-bond acceptors (Lipinski definition) is 3. The molecule has 2 saturated carbocycles. The molecule has 3 rings (SSSR count). The van der Waals surface area contributed by atoms with Gasteiger partial charge in [0.2, 0.25) is 0 Å². The summed E-state index contributed by atoms with van der Waals surface area (Å²) in [5, 5.41) is 11.8. The molecule has 0 aliphatic heterocycles. The third-order valence-corrected chi connectivity index (χ3v) is 3.41. The van der Waals surface area contributed by atoms with Crippen LogP contribution in [0.5, 0.6) is 0 Å². The summed E-state index contributed by atoms with van der Waals surface area (Å²) in [5.41, 5.74) is 0. The second-order valence-electron chi connectivity index (χ2n) is 4.59. The van der Waals surface area contributed by atoms with E-state index in [1.165, 1.54) is 25.7 Å². The standard InChI is InChI=1S/C11H14ClN3/c12-9-5-6-10(15-14-9)13-11(7-1-2-7)8-3-4-8/h5-8,11H,1-4H2,(H,13,15). The van der Waals surface area contributed by atoms with Crippen molar-refractivity contribution in [2.24, 2.45) is 11.8 Å². The van der Waals surface area contributed by atoms with Crippen molar-refractivity contribution >= 4 is 17.4 Å². The van der Waals surface area contributed by atoms with Crippen molar-refractivity contribution in [3.63, 3.8) is 0 Å². The first-order valence-corrected chi connectivity index (χ1v) is 5.96. The maximum Gasteiger partial charge on any atom is 0.151 e. The van der Waals surface area contributed by atoms with E-state index in [0.29, 0.717) is 11.2 Å². The Kier molecular flexibility index (Phi) is 2.28. The molecule has 3 nitrogen and oxygen atoms in total. The number of rotatable bonds is 4. The van der Waals surface area contributed by atoms with Crippen LogP contribution in [0.3, 0.4) is 0 Å². The highest BCUT2D eigenvalue weighted by atomic mass is 35.5. The van der Waals surface area contributed by atoms with Crippen LogP contribution >= 0.6 is 11.6 Å². The van der Waals surface area contributed by atoms with Crippen molar-refractivity contribution in [2.75, 3.05) is 5.32 Å². The van der Waals surface area contributed by atoms with Crippen LogP contribution in [0.4, 0.5) is 5.82 Å². The lowest BCUT2D eigenvalue weighted by molar-refractivity contribution is 0.564. The summed E-state index contributed by atoms with van der Waals surface area (Å²) in [7, 11) is 0. The van der Waals surface area contributed by atoms with Crippen molar-refractivity contribution in [3.8, 4) is 0 Å². The van der Waals surface area contributed by atoms with Crippen LogP contribution in [-0.2, 0) is 0 Å². The van der Waals surface area contributed by atoms with E-state index in [2.05, 4.69) is 15.5 Å². The number of aromatic nitrogens is 2. The van der Waals surface area contributed by atoms with E-state index < -0.39 is 0 Å². The van der Waals surface area contributed by atoms with Gasteiger partial charge in [0.25, 0.3) is 0 Å². The van der Waals surface area contributed by atoms with Gasteiger partial charge in [0.05, 0.1) is 0 Å². The van der Waals surface area contributed by atoms with E-state index in [1.807, 2.05) is 6.07 Å². The minimum absolute atomic E-state index is 0.454. The molecule has 0 spiro atoms.